The molecule has 0 aliphatic carbocycles. The Balaban J connectivity index is 2.30. The molecule has 0 saturated heterocycles. The van der Waals surface area contributed by atoms with E-state index >= 15 is 0 Å². The molecule has 3 nitrogen and oxygen atoms in total. The maximum absolute atomic E-state index is 11.5. The number of methoxy groups -OCH3 is 1. The standard InChI is InChI=1S/C16H11Cl2NO2/c1-21-16-8-13(17)11(7-14(16)18)12-6-10-4-2-3-5-19(10)15(12)9-20/h2-9H,1H3. The van der Waals surface area contributed by atoms with Gasteiger partial charge >= 0.3 is 0 Å². The SMILES string of the molecule is COc1cc(Cl)c(-c2cc3ccccn3c2C=O)cc1Cl. The number of hydrogen-bond donors (Lipinski definition) is 0. The Kier molecular flexibility index (Phi) is 3.62. The molecule has 2 heterocycles. The second-order valence-electron chi connectivity index (χ2n) is 4.52. The van der Waals surface area contributed by atoms with Crippen LogP contribution in [0.3, 0.4) is 0 Å². The normalized spacial score (nSPS) is 10.8. The number of aldehydes is 1. The highest BCUT2D eigenvalue weighted by Crippen LogP contribution is 2.38. The minimum atomic E-state index is 0.448. The number of rotatable bonds is 3. The zero-order valence-corrected chi connectivity index (χ0v) is 12.7. The zero-order valence-electron chi connectivity index (χ0n) is 11.1. The third kappa shape index (κ3) is 2.28. The van der Waals surface area contributed by atoms with E-state index in [0.29, 0.717) is 27.1 Å². The fraction of sp³-hybridized carbons (Fsp3) is 0.0625. The molecule has 0 unspecified atom stereocenters. The summed E-state index contributed by atoms with van der Waals surface area (Å²) in [6, 6.07) is 11.0. The van der Waals surface area contributed by atoms with Crippen LogP contribution in [0.5, 0.6) is 5.75 Å². The van der Waals surface area contributed by atoms with Crippen LogP contribution in [-0.2, 0) is 0 Å². The van der Waals surface area contributed by atoms with Gasteiger partial charge in [0.1, 0.15) is 5.75 Å². The predicted octanol–water partition coefficient (Wildman–Crippen LogP) is 4.73. The average molecular weight is 320 g/mol. The van der Waals surface area contributed by atoms with Crippen molar-refractivity contribution < 1.29 is 9.53 Å². The molecule has 0 radical (unpaired) electrons. The van der Waals surface area contributed by atoms with Crippen LogP contribution >= 0.6 is 23.2 Å². The summed E-state index contributed by atoms with van der Waals surface area (Å²) < 4.78 is 6.96. The Morgan fingerprint density at radius 2 is 1.90 bits per heavy atom. The van der Waals surface area contributed by atoms with Crippen LogP contribution in [0.2, 0.25) is 10.0 Å². The maximum Gasteiger partial charge on any atom is 0.167 e. The van der Waals surface area contributed by atoms with E-state index in [9.17, 15) is 4.79 Å². The monoisotopic (exact) mass is 319 g/mol. The molecule has 0 N–H and O–H groups in total. The minimum absolute atomic E-state index is 0.448. The molecule has 3 aromatic rings. The summed E-state index contributed by atoms with van der Waals surface area (Å²) in [6.45, 7) is 0. The molecule has 5 heteroatoms. The highest BCUT2D eigenvalue weighted by atomic mass is 35.5. The molecule has 1 aromatic carbocycles. The zero-order chi connectivity index (χ0) is 15.0. The van der Waals surface area contributed by atoms with E-state index in [0.717, 1.165) is 17.4 Å². The second-order valence-corrected chi connectivity index (χ2v) is 5.34. The van der Waals surface area contributed by atoms with Crippen LogP contribution in [0.1, 0.15) is 10.5 Å². The topological polar surface area (TPSA) is 30.7 Å². The second kappa shape index (κ2) is 5.43. The van der Waals surface area contributed by atoms with E-state index in [2.05, 4.69) is 0 Å². The van der Waals surface area contributed by atoms with Crippen molar-refractivity contribution in [2.24, 2.45) is 0 Å². The van der Waals surface area contributed by atoms with Crippen LogP contribution in [0.15, 0.2) is 42.6 Å². The van der Waals surface area contributed by atoms with Crippen molar-refractivity contribution in [3.8, 4) is 16.9 Å². The summed E-state index contributed by atoms with van der Waals surface area (Å²) in [6.07, 6.45) is 2.65. The van der Waals surface area contributed by atoms with Gasteiger partial charge < -0.3 is 9.14 Å². The lowest BCUT2D eigenvalue weighted by Crippen LogP contribution is -1.92. The first kappa shape index (κ1) is 14.0. The van der Waals surface area contributed by atoms with Gasteiger partial charge in [0.25, 0.3) is 0 Å². The first-order valence-corrected chi connectivity index (χ1v) is 7.00. The summed E-state index contributed by atoms with van der Waals surface area (Å²) in [5, 5.41) is 0.930. The molecular weight excluding hydrogens is 309 g/mol. The quantitative estimate of drug-likeness (QED) is 0.653. The van der Waals surface area contributed by atoms with Crippen molar-refractivity contribution in [3.05, 3.63) is 58.3 Å². The molecule has 106 valence electrons. The summed E-state index contributed by atoms with van der Waals surface area (Å²) in [5.74, 6) is 0.502. The Labute approximate surface area is 131 Å². The summed E-state index contributed by atoms with van der Waals surface area (Å²) in [7, 11) is 1.53. The Bertz CT molecular complexity index is 840. The maximum atomic E-state index is 11.5. The number of carbonyl (C=O) groups is 1. The fourth-order valence-corrected chi connectivity index (χ4v) is 2.87. The van der Waals surface area contributed by atoms with Crippen molar-refractivity contribution in [1.82, 2.24) is 4.40 Å². The molecule has 3 rings (SSSR count). The molecule has 0 saturated carbocycles. The smallest absolute Gasteiger partial charge is 0.167 e. The largest absolute Gasteiger partial charge is 0.495 e. The van der Waals surface area contributed by atoms with E-state index in [1.165, 1.54) is 7.11 Å². The van der Waals surface area contributed by atoms with Gasteiger partial charge in [-0.25, -0.2) is 0 Å². The number of pyridine rings is 1. The first-order chi connectivity index (χ1) is 10.2. The lowest BCUT2D eigenvalue weighted by Gasteiger charge is -2.08. The van der Waals surface area contributed by atoms with Crippen molar-refractivity contribution in [2.75, 3.05) is 7.11 Å². The summed E-state index contributed by atoms with van der Waals surface area (Å²) in [4.78, 5) is 11.5. The number of carbonyl (C=O) groups excluding carboxylic acids is 1. The Hall–Kier alpha value is -1.97. The number of hydrogen-bond acceptors (Lipinski definition) is 2. The van der Waals surface area contributed by atoms with Gasteiger partial charge in [0, 0.05) is 28.9 Å². The number of halogens is 2. The van der Waals surface area contributed by atoms with Gasteiger partial charge in [-0.3, -0.25) is 4.79 Å². The average Bonchev–Trinajstić information content (AvgIpc) is 2.87. The molecule has 2 aromatic heterocycles. The first-order valence-electron chi connectivity index (χ1n) is 6.24. The highest BCUT2D eigenvalue weighted by Gasteiger charge is 2.16. The molecule has 0 spiro atoms. The molecule has 0 atom stereocenters. The number of aromatic nitrogens is 1. The van der Waals surface area contributed by atoms with Gasteiger partial charge in [0.05, 0.1) is 22.8 Å². The van der Waals surface area contributed by atoms with E-state index in [1.807, 2.05) is 34.9 Å². The molecule has 0 bridgehead atoms. The number of benzene rings is 1. The van der Waals surface area contributed by atoms with Crippen molar-refractivity contribution >= 4 is 35.0 Å². The third-order valence-corrected chi connectivity index (χ3v) is 3.97. The van der Waals surface area contributed by atoms with Crippen LogP contribution in [0, 0.1) is 0 Å². The Morgan fingerprint density at radius 3 is 2.62 bits per heavy atom. The molecule has 0 aliphatic heterocycles. The van der Waals surface area contributed by atoms with Crippen LogP contribution in [0.4, 0.5) is 0 Å². The van der Waals surface area contributed by atoms with Crippen molar-refractivity contribution in [3.63, 3.8) is 0 Å². The van der Waals surface area contributed by atoms with Gasteiger partial charge in [0.2, 0.25) is 0 Å². The van der Waals surface area contributed by atoms with E-state index < -0.39 is 0 Å². The van der Waals surface area contributed by atoms with Gasteiger partial charge in [-0.2, -0.15) is 0 Å². The molecule has 21 heavy (non-hydrogen) atoms. The van der Waals surface area contributed by atoms with Gasteiger partial charge in [-0.05, 0) is 24.3 Å². The van der Waals surface area contributed by atoms with E-state index in [1.54, 1.807) is 12.1 Å². The number of fused-ring (bicyclic) bond motifs is 1. The summed E-state index contributed by atoms with van der Waals surface area (Å²) in [5.41, 5.74) is 2.89. The van der Waals surface area contributed by atoms with E-state index in [4.69, 9.17) is 27.9 Å². The van der Waals surface area contributed by atoms with Gasteiger partial charge in [-0.1, -0.05) is 29.3 Å². The minimum Gasteiger partial charge on any atom is -0.495 e. The number of nitrogens with zero attached hydrogens (tertiary/aromatic N) is 1. The van der Waals surface area contributed by atoms with Crippen molar-refractivity contribution in [1.29, 1.82) is 0 Å². The lowest BCUT2D eigenvalue weighted by molar-refractivity contribution is 0.111. The van der Waals surface area contributed by atoms with Crippen LogP contribution in [0.25, 0.3) is 16.6 Å². The van der Waals surface area contributed by atoms with E-state index in [-0.39, 0.29) is 0 Å². The fourth-order valence-electron chi connectivity index (χ4n) is 2.37. The summed E-state index contributed by atoms with van der Waals surface area (Å²) >= 11 is 12.5. The highest BCUT2D eigenvalue weighted by molar-refractivity contribution is 6.36. The van der Waals surface area contributed by atoms with Crippen LogP contribution in [-0.4, -0.2) is 17.8 Å². The Morgan fingerprint density at radius 1 is 1.10 bits per heavy atom. The molecule has 0 fully saturated rings. The number of ether oxygens (including phenoxy) is 1. The third-order valence-electron chi connectivity index (χ3n) is 3.36. The van der Waals surface area contributed by atoms with Crippen molar-refractivity contribution in [2.45, 2.75) is 0 Å². The molecule has 0 amide bonds. The molecular formula is C16H11Cl2NO2. The lowest BCUT2D eigenvalue weighted by atomic mass is 10.1. The van der Waals surface area contributed by atoms with Gasteiger partial charge in [0.15, 0.2) is 6.29 Å². The predicted molar refractivity (Wildman–Crippen MR) is 84.8 cm³/mol. The van der Waals surface area contributed by atoms with Crippen LogP contribution < -0.4 is 4.74 Å². The molecule has 0 aliphatic rings. The van der Waals surface area contributed by atoms with Gasteiger partial charge in [-0.15, -0.1) is 0 Å².